The predicted octanol–water partition coefficient (Wildman–Crippen LogP) is 2.18. The van der Waals surface area contributed by atoms with Gasteiger partial charge in [0.25, 0.3) is 10.0 Å². The molecule has 0 aliphatic rings. The van der Waals surface area contributed by atoms with Gasteiger partial charge in [-0.05, 0) is 54.8 Å². The number of aliphatic hydroxyl groups excluding tert-OH is 1. The van der Waals surface area contributed by atoms with Crippen LogP contribution in [-0.4, -0.2) is 13.5 Å². The second kappa shape index (κ2) is 5.75. The van der Waals surface area contributed by atoms with Crippen LogP contribution in [0.5, 0.6) is 0 Å². The van der Waals surface area contributed by atoms with Gasteiger partial charge >= 0.3 is 0 Å². The summed E-state index contributed by atoms with van der Waals surface area (Å²) in [7, 11) is -3.74. The minimum absolute atomic E-state index is 0.0665. The minimum atomic E-state index is -3.74. The zero-order valence-electron chi connectivity index (χ0n) is 11.9. The highest BCUT2D eigenvalue weighted by atomic mass is 32.2. The van der Waals surface area contributed by atoms with Crippen LogP contribution in [0.4, 0.5) is 11.4 Å². The Morgan fingerprint density at radius 3 is 2.24 bits per heavy atom. The molecule has 0 saturated heterocycles. The first-order chi connectivity index (χ1) is 9.83. The van der Waals surface area contributed by atoms with Gasteiger partial charge in [-0.2, -0.15) is 0 Å². The number of anilines is 2. The fraction of sp³-hybridized carbons (Fsp3) is 0.200. The number of benzene rings is 2. The molecule has 2 aromatic rings. The van der Waals surface area contributed by atoms with Crippen LogP contribution in [0.2, 0.25) is 0 Å². The van der Waals surface area contributed by atoms with Gasteiger partial charge in [-0.3, -0.25) is 4.72 Å². The molecule has 0 spiro atoms. The molecule has 0 amide bonds. The average Bonchev–Trinajstić information content (AvgIpc) is 2.43. The van der Waals surface area contributed by atoms with E-state index in [2.05, 4.69) is 4.72 Å². The van der Waals surface area contributed by atoms with Crippen LogP contribution in [0.15, 0.2) is 41.3 Å². The van der Waals surface area contributed by atoms with Crippen LogP contribution in [0, 0.1) is 13.8 Å². The fourth-order valence-corrected chi connectivity index (χ4v) is 3.19. The van der Waals surface area contributed by atoms with Crippen molar-refractivity contribution in [3.05, 3.63) is 53.1 Å². The first kappa shape index (κ1) is 15.3. The second-order valence-electron chi connectivity index (χ2n) is 4.93. The van der Waals surface area contributed by atoms with Crippen molar-refractivity contribution in [3.8, 4) is 0 Å². The van der Waals surface area contributed by atoms with Crippen LogP contribution in [-0.2, 0) is 16.6 Å². The predicted molar refractivity (Wildman–Crippen MR) is 83.5 cm³/mol. The Labute approximate surface area is 124 Å². The maximum atomic E-state index is 12.4. The van der Waals surface area contributed by atoms with Gasteiger partial charge in [0.1, 0.15) is 4.90 Å². The van der Waals surface area contributed by atoms with E-state index in [-0.39, 0.29) is 17.2 Å². The van der Waals surface area contributed by atoms with Gasteiger partial charge in [-0.15, -0.1) is 0 Å². The number of hydrogen-bond donors (Lipinski definition) is 3. The Balaban J connectivity index is 2.35. The molecule has 0 atom stereocenters. The van der Waals surface area contributed by atoms with Crippen LogP contribution in [0.25, 0.3) is 0 Å². The number of nitrogen functional groups attached to an aromatic ring is 1. The number of nitrogens with two attached hydrogens (primary N) is 1. The number of aryl methyl sites for hydroxylation is 2. The van der Waals surface area contributed by atoms with Crippen molar-refractivity contribution in [1.29, 1.82) is 0 Å². The van der Waals surface area contributed by atoms with Gasteiger partial charge < -0.3 is 10.8 Å². The summed E-state index contributed by atoms with van der Waals surface area (Å²) >= 11 is 0. The third kappa shape index (κ3) is 3.34. The topological polar surface area (TPSA) is 92.4 Å². The Hall–Kier alpha value is -2.05. The number of aliphatic hydroxyl groups is 1. The number of sulfonamides is 1. The molecule has 0 fully saturated rings. The van der Waals surface area contributed by atoms with E-state index in [1.807, 2.05) is 13.8 Å². The normalized spacial score (nSPS) is 11.4. The van der Waals surface area contributed by atoms with Gasteiger partial charge in [-0.25, -0.2) is 8.42 Å². The number of rotatable bonds is 4. The molecular weight excluding hydrogens is 288 g/mol. The van der Waals surface area contributed by atoms with E-state index in [1.54, 1.807) is 36.4 Å². The maximum absolute atomic E-state index is 12.4. The SMILES string of the molecule is Cc1cc(N)c(S(=O)(=O)Nc2ccc(CO)cc2)cc1C. The average molecular weight is 306 g/mol. The molecule has 0 aliphatic carbocycles. The molecule has 0 bridgehead atoms. The smallest absolute Gasteiger partial charge is 0.263 e. The quantitative estimate of drug-likeness (QED) is 0.755. The summed E-state index contributed by atoms with van der Waals surface area (Å²) in [6.07, 6.45) is 0. The summed E-state index contributed by atoms with van der Waals surface area (Å²) in [5.74, 6) is 0. The van der Waals surface area contributed by atoms with E-state index >= 15 is 0 Å². The molecule has 5 nitrogen and oxygen atoms in total. The standard InChI is InChI=1S/C15H18N2O3S/c1-10-7-14(16)15(8-11(10)2)21(19,20)17-13-5-3-12(9-18)4-6-13/h3-8,17-18H,9,16H2,1-2H3. The summed E-state index contributed by atoms with van der Waals surface area (Å²) in [6, 6.07) is 9.72. The zero-order chi connectivity index (χ0) is 15.6. The summed E-state index contributed by atoms with van der Waals surface area (Å²) in [6.45, 7) is 3.63. The first-order valence-electron chi connectivity index (χ1n) is 6.43. The van der Waals surface area contributed by atoms with Gasteiger partial charge in [0.2, 0.25) is 0 Å². The molecule has 0 radical (unpaired) electrons. The van der Waals surface area contributed by atoms with E-state index in [4.69, 9.17) is 10.8 Å². The lowest BCUT2D eigenvalue weighted by atomic mass is 10.1. The molecule has 0 aromatic heterocycles. The Morgan fingerprint density at radius 2 is 1.67 bits per heavy atom. The molecule has 0 heterocycles. The summed E-state index contributed by atoms with van der Waals surface area (Å²) in [4.78, 5) is 0.0665. The van der Waals surface area contributed by atoms with Gasteiger partial charge in [-0.1, -0.05) is 12.1 Å². The molecule has 4 N–H and O–H groups in total. The lowest BCUT2D eigenvalue weighted by Crippen LogP contribution is -2.15. The summed E-state index contributed by atoms with van der Waals surface area (Å²) in [5, 5.41) is 8.98. The number of nitrogens with one attached hydrogen (secondary N) is 1. The number of hydrogen-bond acceptors (Lipinski definition) is 4. The Kier molecular flexibility index (Phi) is 4.20. The summed E-state index contributed by atoms with van der Waals surface area (Å²) < 4.78 is 27.3. The first-order valence-corrected chi connectivity index (χ1v) is 7.91. The monoisotopic (exact) mass is 306 g/mol. The third-order valence-electron chi connectivity index (χ3n) is 3.30. The highest BCUT2D eigenvalue weighted by molar-refractivity contribution is 7.92. The van der Waals surface area contributed by atoms with E-state index in [0.717, 1.165) is 11.1 Å². The van der Waals surface area contributed by atoms with Crippen LogP contribution < -0.4 is 10.5 Å². The minimum Gasteiger partial charge on any atom is -0.398 e. The highest BCUT2D eigenvalue weighted by Crippen LogP contribution is 2.25. The zero-order valence-corrected chi connectivity index (χ0v) is 12.7. The molecule has 0 saturated carbocycles. The molecule has 2 aromatic carbocycles. The van der Waals surface area contributed by atoms with E-state index < -0.39 is 10.0 Å². The Morgan fingerprint density at radius 1 is 1.10 bits per heavy atom. The largest absolute Gasteiger partial charge is 0.398 e. The second-order valence-corrected chi connectivity index (χ2v) is 6.59. The van der Waals surface area contributed by atoms with Crippen LogP contribution in [0.3, 0.4) is 0 Å². The van der Waals surface area contributed by atoms with Crippen molar-refractivity contribution in [1.82, 2.24) is 0 Å². The molecule has 6 heteroatoms. The van der Waals surface area contributed by atoms with Crippen LogP contribution >= 0.6 is 0 Å². The van der Waals surface area contributed by atoms with Crippen molar-refractivity contribution in [2.75, 3.05) is 10.5 Å². The molecule has 2 rings (SSSR count). The molecule has 112 valence electrons. The van der Waals surface area contributed by atoms with Crippen molar-refractivity contribution < 1.29 is 13.5 Å². The van der Waals surface area contributed by atoms with Gasteiger partial charge in [0.05, 0.1) is 12.3 Å². The van der Waals surface area contributed by atoms with Crippen LogP contribution in [0.1, 0.15) is 16.7 Å². The lowest BCUT2D eigenvalue weighted by molar-refractivity contribution is 0.282. The Bertz CT molecular complexity index is 753. The third-order valence-corrected chi connectivity index (χ3v) is 4.74. The molecule has 0 aliphatic heterocycles. The maximum Gasteiger partial charge on any atom is 0.263 e. The van der Waals surface area contributed by atoms with E-state index in [9.17, 15) is 8.42 Å². The summed E-state index contributed by atoms with van der Waals surface area (Å²) in [5.41, 5.74) is 8.98. The van der Waals surface area contributed by atoms with Crippen molar-refractivity contribution >= 4 is 21.4 Å². The highest BCUT2D eigenvalue weighted by Gasteiger charge is 2.18. The van der Waals surface area contributed by atoms with E-state index in [0.29, 0.717) is 11.3 Å². The van der Waals surface area contributed by atoms with Crippen molar-refractivity contribution in [2.45, 2.75) is 25.3 Å². The fourth-order valence-electron chi connectivity index (χ4n) is 1.93. The van der Waals surface area contributed by atoms with Gasteiger partial charge in [0, 0.05) is 5.69 Å². The van der Waals surface area contributed by atoms with E-state index in [1.165, 1.54) is 0 Å². The molecule has 0 unspecified atom stereocenters. The lowest BCUT2D eigenvalue weighted by Gasteiger charge is -2.12. The molecule has 21 heavy (non-hydrogen) atoms. The molecular formula is C15H18N2O3S. The van der Waals surface area contributed by atoms with Crippen molar-refractivity contribution in [3.63, 3.8) is 0 Å². The van der Waals surface area contributed by atoms with Crippen molar-refractivity contribution in [2.24, 2.45) is 0 Å². The van der Waals surface area contributed by atoms with Gasteiger partial charge in [0.15, 0.2) is 0 Å².